The van der Waals surface area contributed by atoms with Crippen LogP contribution in [0, 0.1) is 11.6 Å². The summed E-state index contributed by atoms with van der Waals surface area (Å²) in [4.78, 5) is 32.5. The third-order valence-electron chi connectivity index (χ3n) is 3.57. The second-order valence-corrected chi connectivity index (χ2v) is 5.46. The Bertz CT molecular complexity index is 960. The molecule has 2 aromatic heterocycles. The molecule has 8 heteroatoms. The first-order chi connectivity index (χ1) is 13.0. The summed E-state index contributed by atoms with van der Waals surface area (Å²) >= 11 is 0. The van der Waals surface area contributed by atoms with Gasteiger partial charge in [-0.25, -0.2) is 13.8 Å². The number of rotatable bonds is 5. The monoisotopic (exact) mass is 368 g/mol. The van der Waals surface area contributed by atoms with Gasteiger partial charge in [0.25, 0.3) is 11.8 Å². The third-order valence-corrected chi connectivity index (χ3v) is 3.57. The summed E-state index contributed by atoms with van der Waals surface area (Å²) in [6.45, 7) is 0.193. The molecule has 0 aliphatic carbocycles. The van der Waals surface area contributed by atoms with Crippen LogP contribution in [-0.2, 0) is 6.54 Å². The van der Waals surface area contributed by atoms with E-state index in [0.29, 0.717) is 5.69 Å². The van der Waals surface area contributed by atoms with E-state index in [2.05, 4.69) is 20.6 Å². The molecule has 0 aliphatic heterocycles. The van der Waals surface area contributed by atoms with Crippen LogP contribution < -0.4 is 10.6 Å². The maximum absolute atomic E-state index is 13.7. The van der Waals surface area contributed by atoms with E-state index in [9.17, 15) is 18.4 Å². The molecule has 2 amide bonds. The molecule has 3 rings (SSSR count). The number of carbonyl (C=O) groups is 2. The first-order valence-corrected chi connectivity index (χ1v) is 7.95. The van der Waals surface area contributed by atoms with E-state index in [1.807, 2.05) is 0 Å². The maximum atomic E-state index is 13.7. The first-order valence-electron chi connectivity index (χ1n) is 7.95. The average Bonchev–Trinajstić information content (AvgIpc) is 2.70. The SMILES string of the molecule is O=C(NCc1ccccn1)c1cccc(C(=O)Nc2c(F)cccc2F)n1. The molecule has 0 atom stereocenters. The van der Waals surface area contributed by atoms with Crippen molar-refractivity contribution in [3.63, 3.8) is 0 Å². The Hall–Kier alpha value is -3.68. The highest BCUT2D eigenvalue weighted by atomic mass is 19.1. The van der Waals surface area contributed by atoms with Gasteiger partial charge in [-0.3, -0.25) is 14.6 Å². The molecule has 2 N–H and O–H groups in total. The van der Waals surface area contributed by atoms with Crippen LogP contribution in [0.25, 0.3) is 0 Å². The van der Waals surface area contributed by atoms with E-state index in [0.717, 1.165) is 12.1 Å². The van der Waals surface area contributed by atoms with Crippen molar-refractivity contribution in [2.75, 3.05) is 5.32 Å². The van der Waals surface area contributed by atoms with Crippen molar-refractivity contribution < 1.29 is 18.4 Å². The van der Waals surface area contributed by atoms with Gasteiger partial charge in [0.1, 0.15) is 28.7 Å². The number of pyridine rings is 2. The fourth-order valence-corrected chi connectivity index (χ4v) is 2.25. The van der Waals surface area contributed by atoms with Crippen molar-refractivity contribution in [1.82, 2.24) is 15.3 Å². The minimum absolute atomic E-state index is 0.00686. The maximum Gasteiger partial charge on any atom is 0.274 e. The smallest absolute Gasteiger partial charge is 0.274 e. The number of hydrogen-bond acceptors (Lipinski definition) is 4. The Morgan fingerprint density at radius 3 is 2.19 bits per heavy atom. The molecule has 2 heterocycles. The molecule has 0 spiro atoms. The lowest BCUT2D eigenvalue weighted by atomic mass is 10.2. The van der Waals surface area contributed by atoms with Crippen molar-refractivity contribution in [3.05, 3.63) is 89.5 Å². The molecule has 0 radical (unpaired) electrons. The van der Waals surface area contributed by atoms with Crippen LogP contribution in [0.1, 0.15) is 26.7 Å². The van der Waals surface area contributed by atoms with E-state index in [1.165, 1.54) is 24.3 Å². The number of nitrogens with one attached hydrogen (secondary N) is 2. The van der Waals surface area contributed by atoms with Crippen molar-refractivity contribution in [2.45, 2.75) is 6.54 Å². The number of para-hydroxylation sites is 1. The molecule has 0 saturated carbocycles. The highest BCUT2D eigenvalue weighted by Gasteiger charge is 2.16. The van der Waals surface area contributed by atoms with Crippen LogP contribution in [0.5, 0.6) is 0 Å². The topological polar surface area (TPSA) is 84.0 Å². The summed E-state index contributed by atoms with van der Waals surface area (Å²) < 4.78 is 27.3. The van der Waals surface area contributed by atoms with Crippen LogP contribution in [0.3, 0.4) is 0 Å². The van der Waals surface area contributed by atoms with Gasteiger partial charge in [-0.05, 0) is 36.4 Å². The molecule has 27 heavy (non-hydrogen) atoms. The van der Waals surface area contributed by atoms with Crippen molar-refractivity contribution in [1.29, 1.82) is 0 Å². The molecule has 0 unspecified atom stereocenters. The van der Waals surface area contributed by atoms with E-state index < -0.39 is 29.1 Å². The fourth-order valence-electron chi connectivity index (χ4n) is 2.25. The number of halogens is 2. The average molecular weight is 368 g/mol. The van der Waals surface area contributed by atoms with Gasteiger partial charge in [-0.15, -0.1) is 0 Å². The van der Waals surface area contributed by atoms with Crippen molar-refractivity contribution >= 4 is 17.5 Å². The molecule has 0 fully saturated rings. The minimum Gasteiger partial charge on any atom is -0.345 e. The second-order valence-electron chi connectivity index (χ2n) is 5.46. The number of aromatic nitrogens is 2. The quantitative estimate of drug-likeness (QED) is 0.725. The summed E-state index contributed by atoms with van der Waals surface area (Å²) in [5.41, 5.74) is -0.0696. The summed E-state index contributed by atoms with van der Waals surface area (Å²) in [5.74, 6) is -3.16. The van der Waals surface area contributed by atoms with Crippen LogP contribution in [0.2, 0.25) is 0 Å². The predicted molar refractivity (Wildman–Crippen MR) is 94.0 cm³/mol. The molecule has 6 nitrogen and oxygen atoms in total. The molecule has 136 valence electrons. The predicted octanol–water partition coefficient (Wildman–Crippen LogP) is 2.94. The standard InChI is InChI=1S/C19H14F2N4O2/c20-13-6-3-7-14(21)17(13)25-19(27)16-9-4-8-15(24-16)18(26)23-11-12-5-1-2-10-22-12/h1-10H,11H2,(H,23,26)(H,25,27). The van der Waals surface area contributed by atoms with Gasteiger partial charge >= 0.3 is 0 Å². The lowest BCUT2D eigenvalue weighted by molar-refractivity contribution is 0.0945. The Kier molecular flexibility index (Phi) is 5.46. The number of amides is 2. The van der Waals surface area contributed by atoms with Crippen molar-refractivity contribution in [2.24, 2.45) is 0 Å². The molecular weight excluding hydrogens is 354 g/mol. The van der Waals surface area contributed by atoms with Gasteiger partial charge in [-0.1, -0.05) is 18.2 Å². The van der Waals surface area contributed by atoms with E-state index in [1.54, 1.807) is 24.4 Å². The molecule has 1 aromatic carbocycles. The zero-order valence-corrected chi connectivity index (χ0v) is 13.9. The summed E-state index contributed by atoms with van der Waals surface area (Å²) in [6, 6.07) is 12.7. The van der Waals surface area contributed by atoms with Gasteiger partial charge in [0, 0.05) is 6.20 Å². The second kappa shape index (κ2) is 8.13. The van der Waals surface area contributed by atoms with Gasteiger partial charge in [0.2, 0.25) is 0 Å². The van der Waals surface area contributed by atoms with Crippen LogP contribution >= 0.6 is 0 Å². The number of hydrogen-bond donors (Lipinski definition) is 2. The molecule has 3 aromatic rings. The van der Waals surface area contributed by atoms with Gasteiger partial charge in [-0.2, -0.15) is 0 Å². The summed E-state index contributed by atoms with van der Waals surface area (Å²) in [7, 11) is 0. The van der Waals surface area contributed by atoms with E-state index in [4.69, 9.17) is 0 Å². The number of carbonyl (C=O) groups excluding carboxylic acids is 2. The lowest BCUT2D eigenvalue weighted by Crippen LogP contribution is -2.25. The fraction of sp³-hybridized carbons (Fsp3) is 0.0526. The lowest BCUT2D eigenvalue weighted by Gasteiger charge is -2.08. The normalized spacial score (nSPS) is 10.3. The van der Waals surface area contributed by atoms with Crippen LogP contribution in [0.4, 0.5) is 14.5 Å². The minimum atomic E-state index is -0.910. The van der Waals surface area contributed by atoms with E-state index in [-0.39, 0.29) is 17.9 Å². The largest absolute Gasteiger partial charge is 0.345 e. The number of anilines is 1. The van der Waals surface area contributed by atoms with Gasteiger partial charge < -0.3 is 10.6 Å². The highest BCUT2D eigenvalue weighted by molar-refractivity contribution is 6.04. The first kappa shape index (κ1) is 18.1. The number of benzene rings is 1. The molecule has 0 bridgehead atoms. The molecular formula is C19H14F2N4O2. The summed E-state index contributed by atoms with van der Waals surface area (Å²) in [5, 5.41) is 4.76. The Morgan fingerprint density at radius 1 is 0.852 bits per heavy atom. The van der Waals surface area contributed by atoms with Crippen LogP contribution in [-0.4, -0.2) is 21.8 Å². The molecule has 0 saturated heterocycles. The Labute approximate surface area is 153 Å². The number of nitrogens with zero attached hydrogens (tertiary/aromatic N) is 2. The van der Waals surface area contributed by atoms with Crippen LogP contribution in [0.15, 0.2) is 60.8 Å². The zero-order chi connectivity index (χ0) is 19.2. The van der Waals surface area contributed by atoms with Gasteiger partial charge in [0.15, 0.2) is 0 Å². The third kappa shape index (κ3) is 4.49. The molecule has 0 aliphatic rings. The Morgan fingerprint density at radius 2 is 1.52 bits per heavy atom. The van der Waals surface area contributed by atoms with Crippen molar-refractivity contribution in [3.8, 4) is 0 Å². The van der Waals surface area contributed by atoms with E-state index >= 15 is 0 Å². The van der Waals surface area contributed by atoms with Gasteiger partial charge in [0.05, 0.1) is 12.2 Å². The highest BCUT2D eigenvalue weighted by Crippen LogP contribution is 2.18. The Balaban J connectivity index is 1.71. The zero-order valence-electron chi connectivity index (χ0n) is 13.9. The summed E-state index contributed by atoms with van der Waals surface area (Å²) in [6.07, 6.45) is 1.60.